The molecular weight excluding hydrogens is 296 g/mol. The van der Waals surface area contributed by atoms with Gasteiger partial charge in [0.15, 0.2) is 9.84 Å². The Hall–Kier alpha value is -1.01. The molecule has 6 heteroatoms. The predicted octanol–water partition coefficient (Wildman–Crippen LogP) is 2.91. The highest BCUT2D eigenvalue weighted by atomic mass is 32.2. The third-order valence-electron chi connectivity index (χ3n) is 4.22. The highest BCUT2D eigenvalue weighted by Gasteiger charge is 2.29. The number of hydrogen-bond acceptors (Lipinski definition) is 3. The summed E-state index contributed by atoms with van der Waals surface area (Å²) in [5, 5.41) is 3.05. The Morgan fingerprint density at radius 3 is 2.48 bits per heavy atom. The van der Waals surface area contributed by atoms with Gasteiger partial charge in [0, 0.05) is 12.1 Å². The Morgan fingerprint density at radius 2 is 1.90 bits per heavy atom. The number of sulfone groups is 1. The molecule has 0 aliphatic heterocycles. The second kappa shape index (κ2) is 6.83. The number of benzene rings is 1. The van der Waals surface area contributed by atoms with Crippen LogP contribution in [-0.2, 0) is 9.84 Å². The minimum atomic E-state index is -3.77. The van der Waals surface area contributed by atoms with Gasteiger partial charge in [-0.2, -0.15) is 0 Å². The largest absolute Gasteiger partial charge is 0.316 e. The molecule has 1 aliphatic rings. The number of hydrogen-bond donors (Lipinski definition) is 1. The lowest BCUT2D eigenvalue weighted by atomic mass is 9.84. The van der Waals surface area contributed by atoms with Crippen molar-refractivity contribution in [3.63, 3.8) is 0 Å². The Kier molecular flexibility index (Phi) is 5.32. The van der Waals surface area contributed by atoms with E-state index in [-0.39, 0.29) is 11.8 Å². The molecule has 1 aromatic rings. The van der Waals surface area contributed by atoms with Crippen molar-refractivity contribution in [3.8, 4) is 0 Å². The van der Waals surface area contributed by atoms with Crippen LogP contribution in [0, 0.1) is 17.6 Å². The number of halogens is 2. The Balaban J connectivity index is 2.18. The van der Waals surface area contributed by atoms with Gasteiger partial charge in [-0.25, -0.2) is 17.2 Å². The Labute approximate surface area is 124 Å². The molecule has 0 spiro atoms. The molecule has 1 aromatic carbocycles. The average Bonchev–Trinajstić information content (AvgIpc) is 2.45. The maximum Gasteiger partial charge on any atom is 0.182 e. The van der Waals surface area contributed by atoms with Crippen LogP contribution in [0.1, 0.15) is 32.1 Å². The molecule has 3 nitrogen and oxygen atoms in total. The topological polar surface area (TPSA) is 46.2 Å². The maximum absolute atomic E-state index is 13.7. The van der Waals surface area contributed by atoms with E-state index in [0.29, 0.717) is 12.0 Å². The molecule has 0 aromatic heterocycles. The summed E-state index contributed by atoms with van der Waals surface area (Å²) in [6.45, 7) is 0. The maximum atomic E-state index is 13.7. The summed E-state index contributed by atoms with van der Waals surface area (Å²) in [6.07, 6.45) is 5.38. The molecule has 118 valence electrons. The van der Waals surface area contributed by atoms with E-state index >= 15 is 0 Å². The van der Waals surface area contributed by atoms with E-state index < -0.39 is 26.4 Å². The van der Waals surface area contributed by atoms with Crippen LogP contribution >= 0.6 is 0 Å². The van der Waals surface area contributed by atoms with Crippen molar-refractivity contribution in [1.82, 2.24) is 5.32 Å². The molecule has 1 atom stereocenters. The summed E-state index contributed by atoms with van der Waals surface area (Å²) in [7, 11) is -2.04. The van der Waals surface area contributed by atoms with E-state index in [2.05, 4.69) is 5.32 Å². The van der Waals surface area contributed by atoms with Crippen LogP contribution < -0.4 is 5.32 Å². The molecule has 1 fully saturated rings. The SMILES string of the molecule is CNC(CS(=O)(=O)c1ccc(F)cc1F)C1CCCCC1. The Bertz CT molecular complexity index is 583. The molecule has 1 saturated carbocycles. The van der Waals surface area contributed by atoms with Crippen molar-refractivity contribution in [1.29, 1.82) is 0 Å². The second-order valence-corrected chi connectivity index (χ2v) is 7.65. The van der Waals surface area contributed by atoms with Gasteiger partial charge in [-0.3, -0.25) is 0 Å². The van der Waals surface area contributed by atoms with Gasteiger partial charge in [0.25, 0.3) is 0 Å². The summed E-state index contributed by atoms with van der Waals surface area (Å²) < 4.78 is 51.4. The average molecular weight is 317 g/mol. The lowest BCUT2D eigenvalue weighted by molar-refractivity contribution is 0.292. The van der Waals surface area contributed by atoms with Gasteiger partial charge in [-0.1, -0.05) is 19.3 Å². The minimum Gasteiger partial charge on any atom is -0.316 e. The first-order chi connectivity index (χ1) is 9.94. The van der Waals surface area contributed by atoms with Gasteiger partial charge in [-0.05, 0) is 37.9 Å². The lowest BCUT2D eigenvalue weighted by Crippen LogP contribution is -2.40. The van der Waals surface area contributed by atoms with Crippen molar-refractivity contribution >= 4 is 9.84 Å². The van der Waals surface area contributed by atoms with Crippen molar-refractivity contribution in [2.75, 3.05) is 12.8 Å². The highest BCUT2D eigenvalue weighted by molar-refractivity contribution is 7.91. The normalized spacial score (nSPS) is 18.6. The van der Waals surface area contributed by atoms with E-state index in [1.807, 2.05) is 0 Å². The van der Waals surface area contributed by atoms with Crippen LogP contribution in [0.5, 0.6) is 0 Å². The van der Waals surface area contributed by atoms with Crippen molar-refractivity contribution in [3.05, 3.63) is 29.8 Å². The lowest BCUT2D eigenvalue weighted by Gasteiger charge is -2.29. The molecule has 2 rings (SSSR count). The van der Waals surface area contributed by atoms with Crippen LogP contribution in [0.2, 0.25) is 0 Å². The quantitative estimate of drug-likeness (QED) is 0.849. The molecule has 0 saturated heterocycles. The molecular formula is C15H21F2NO2S. The third kappa shape index (κ3) is 4.01. The van der Waals surface area contributed by atoms with Crippen molar-refractivity contribution in [2.45, 2.75) is 43.0 Å². The fraction of sp³-hybridized carbons (Fsp3) is 0.600. The van der Waals surface area contributed by atoms with Gasteiger partial charge in [0.1, 0.15) is 16.5 Å². The standard InChI is InChI=1S/C15H21F2NO2S/c1-18-14(11-5-3-2-4-6-11)10-21(19,20)15-8-7-12(16)9-13(15)17/h7-9,11,14,18H,2-6,10H2,1H3. The summed E-state index contributed by atoms with van der Waals surface area (Å²) in [5.74, 6) is -1.66. The van der Waals surface area contributed by atoms with Gasteiger partial charge < -0.3 is 5.32 Å². The first-order valence-electron chi connectivity index (χ1n) is 7.29. The molecule has 1 unspecified atom stereocenters. The van der Waals surface area contributed by atoms with Crippen LogP contribution in [0.3, 0.4) is 0 Å². The summed E-state index contributed by atoms with van der Waals surface area (Å²) in [5.41, 5.74) is 0. The zero-order valence-electron chi connectivity index (χ0n) is 12.1. The highest BCUT2D eigenvalue weighted by Crippen LogP contribution is 2.28. The summed E-state index contributed by atoms with van der Waals surface area (Å²) in [6, 6.07) is 2.40. The van der Waals surface area contributed by atoms with Gasteiger partial charge >= 0.3 is 0 Å². The molecule has 21 heavy (non-hydrogen) atoms. The number of nitrogens with one attached hydrogen (secondary N) is 1. The first kappa shape index (κ1) is 16.4. The number of rotatable bonds is 5. The Morgan fingerprint density at radius 1 is 1.24 bits per heavy atom. The monoisotopic (exact) mass is 317 g/mol. The minimum absolute atomic E-state index is 0.156. The fourth-order valence-electron chi connectivity index (χ4n) is 3.05. The van der Waals surface area contributed by atoms with E-state index in [4.69, 9.17) is 0 Å². The molecule has 0 amide bonds. The predicted molar refractivity (Wildman–Crippen MR) is 77.8 cm³/mol. The smallest absolute Gasteiger partial charge is 0.182 e. The second-order valence-electron chi connectivity index (χ2n) is 5.65. The third-order valence-corrected chi connectivity index (χ3v) is 6.02. The van der Waals surface area contributed by atoms with Gasteiger partial charge in [-0.15, -0.1) is 0 Å². The van der Waals surface area contributed by atoms with Crippen LogP contribution in [-0.4, -0.2) is 27.3 Å². The van der Waals surface area contributed by atoms with E-state index in [9.17, 15) is 17.2 Å². The van der Waals surface area contributed by atoms with Crippen LogP contribution in [0.25, 0.3) is 0 Å². The molecule has 0 radical (unpaired) electrons. The molecule has 1 N–H and O–H groups in total. The van der Waals surface area contributed by atoms with Gasteiger partial charge in [0.2, 0.25) is 0 Å². The van der Waals surface area contributed by atoms with Crippen LogP contribution in [0.15, 0.2) is 23.1 Å². The zero-order chi connectivity index (χ0) is 15.5. The van der Waals surface area contributed by atoms with Crippen molar-refractivity contribution in [2.24, 2.45) is 5.92 Å². The molecule has 1 aliphatic carbocycles. The van der Waals surface area contributed by atoms with E-state index in [0.717, 1.165) is 37.8 Å². The first-order valence-corrected chi connectivity index (χ1v) is 8.94. The fourth-order valence-corrected chi connectivity index (χ4v) is 4.77. The van der Waals surface area contributed by atoms with E-state index in [1.165, 1.54) is 6.42 Å². The molecule has 0 heterocycles. The molecule has 0 bridgehead atoms. The van der Waals surface area contributed by atoms with Crippen LogP contribution in [0.4, 0.5) is 8.78 Å². The summed E-state index contributed by atoms with van der Waals surface area (Å²) in [4.78, 5) is -0.417. The van der Waals surface area contributed by atoms with Gasteiger partial charge in [0.05, 0.1) is 5.75 Å². The zero-order valence-corrected chi connectivity index (χ0v) is 12.9. The van der Waals surface area contributed by atoms with E-state index in [1.54, 1.807) is 7.05 Å². The summed E-state index contributed by atoms with van der Waals surface area (Å²) >= 11 is 0. The van der Waals surface area contributed by atoms with Crippen molar-refractivity contribution < 1.29 is 17.2 Å².